The molecule has 2 heterocycles. The maximum atomic E-state index is 11.5. The molecule has 0 aliphatic carbocycles. The molecular weight excluding hydrogens is 262 g/mol. The summed E-state index contributed by atoms with van der Waals surface area (Å²) in [7, 11) is 3.00. The summed E-state index contributed by atoms with van der Waals surface area (Å²) in [5, 5.41) is 0. The molecule has 1 fully saturated rings. The van der Waals surface area contributed by atoms with Crippen molar-refractivity contribution in [3.63, 3.8) is 0 Å². The third-order valence-corrected chi connectivity index (χ3v) is 3.71. The van der Waals surface area contributed by atoms with Crippen molar-refractivity contribution in [2.75, 3.05) is 20.7 Å². The molecule has 0 unspecified atom stereocenters. The van der Waals surface area contributed by atoms with Crippen LogP contribution in [0.25, 0.3) is 0 Å². The van der Waals surface area contributed by atoms with Gasteiger partial charge in [0.05, 0.1) is 19.3 Å². The predicted octanol–water partition coefficient (Wildman–Crippen LogP) is 1.49. The van der Waals surface area contributed by atoms with Gasteiger partial charge in [-0.05, 0) is 6.92 Å². The van der Waals surface area contributed by atoms with E-state index >= 15 is 0 Å². The normalized spacial score (nSPS) is 34.7. The van der Waals surface area contributed by atoms with E-state index in [4.69, 9.17) is 14.2 Å². The minimum atomic E-state index is -0.615. The summed E-state index contributed by atoms with van der Waals surface area (Å²) >= 11 is 0. The van der Waals surface area contributed by atoms with E-state index in [-0.39, 0.29) is 12.1 Å². The Morgan fingerprint density at radius 1 is 1.40 bits per heavy atom. The van der Waals surface area contributed by atoms with E-state index in [1.165, 1.54) is 18.9 Å². The SMILES string of the molecule is COC(=O)N(C)C[C@@]12C=C[C@@](C)(C[C@H](OC(C)=O)C1)O2. The van der Waals surface area contributed by atoms with Crippen LogP contribution < -0.4 is 0 Å². The number of rotatable bonds is 3. The lowest BCUT2D eigenvalue weighted by atomic mass is 9.89. The molecule has 0 saturated carbocycles. The molecule has 6 nitrogen and oxygen atoms in total. The molecule has 0 spiro atoms. The highest BCUT2D eigenvalue weighted by atomic mass is 16.6. The monoisotopic (exact) mass is 283 g/mol. The summed E-state index contributed by atoms with van der Waals surface area (Å²) in [4.78, 5) is 24.2. The number of esters is 1. The number of carbonyl (C=O) groups is 2. The molecule has 0 aromatic carbocycles. The molecule has 2 bridgehead atoms. The smallest absolute Gasteiger partial charge is 0.409 e. The highest BCUT2D eigenvalue weighted by molar-refractivity contribution is 5.67. The number of ether oxygens (including phenoxy) is 3. The second-order valence-corrected chi connectivity index (χ2v) is 5.78. The summed E-state index contributed by atoms with van der Waals surface area (Å²) < 4.78 is 16.1. The van der Waals surface area contributed by atoms with Crippen molar-refractivity contribution in [3.8, 4) is 0 Å². The van der Waals surface area contributed by atoms with Gasteiger partial charge in [0.2, 0.25) is 0 Å². The van der Waals surface area contributed by atoms with Crippen molar-refractivity contribution in [1.82, 2.24) is 4.90 Å². The van der Waals surface area contributed by atoms with Gasteiger partial charge in [-0.3, -0.25) is 4.79 Å². The summed E-state index contributed by atoms with van der Waals surface area (Å²) in [6.07, 6.45) is 4.51. The largest absolute Gasteiger partial charge is 0.462 e. The van der Waals surface area contributed by atoms with Gasteiger partial charge in [0.1, 0.15) is 11.7 Å². The van der Waals surface area contributed by atoms with Crippen molar-refractivity contribution >= 4 is 12.1 Å². The Morgan fingerprint density at radius 2 is 2.10 bits per heavy atom. The molecule has 0 aromatic heterocycles. The summed E-state index contributed by atoms with van der Waals surface area (Å²) in [6.45, 7) is 3.73. The van der Waals surface area contributed by atoms with E-state index in [0.717, 1.165) is 0 Å². The van der Waals surface area contributed by atoms with Crippen LogP contribution in [0, 0.1) is 0 Å². The summed E-state index contributed by atoms with van der Waals surface area (Å²) in [6, 6.07) is 0. The van der Waals surface area contributed by atoms with Crippen LogP contribution in [0.3, 0.4) is 0 Å². The predicted molar refractivity (Wildman–Crippen MR) is 71.2 cm³/mol. The number of nitrogens with zero attached hydrogens (tertiary/aromatic N) is 1. The van der Waals surface area contributed by atoms with E-state index in [2.05, 4.69) is 0 Å². The molecule has 112 valence electrons. The van der Waals surface area contributed by atoms with Crippen LogP contribution in [0.1, 0.15) is 26.7 Å². The Balaban J connectivity index is 2.11. The fraction of sp³-hybridized carbons (Fsp3) is 0.714. The Kier molecular flexibility index (Phi) is 3.77. The van der Waals surface area contributed by atoms with Gasteiger partial charge in [-0.25, -0.2) is 4.79 Å². The highest BCUT2D eigenvalue weighted by Gasteiger charge is 2.51. The van der Waals surface area contributed by atoms with Crippen LogP contribution in [0.5, 0.6) is 0 Å². The van der Waals surface area contributed by atoms with Crippen molar-refractivity contribution in [2.24, 2.45) is 0 Å². The first-order chi connectivity index (χ1) is 9.27. The highest BCUT2D eigenvalue weighted by Crippen LogP contribution is 2.44. The Morgan fingerprint density at radius 3 is 2.70 bits per heavy atom. The van der Waals surface area contributed by atoms with Crippen LogP contribution in [0.4, 0.5) is 4.79 Å². The fourth-order valence-corrected chi connectivity index (χ4v) is 3.08. The zero-order valence-electron chi connectivity index (χ0n) is 12.3. The summed E-state index contributed by atoms with van der Waals surface area (Å²) in [5.74, 6) is -0.295. The van der Waals surface area contributed by atoms with Gasteiger partial charge in [0.15, 0.2) is 0 Å². The van der Waals surface area contributed by atoms with E-state index < -0.39 is 17.3 Å². The minimum Gasteiger partial charge on any atom is -0.462 e. The van der Waals surface area contributed by atoms with Crippen LogP contribution in [-0.2, 0) is 19.0 Å². The maximum absolute atomic E-state index is 11.5. The molecule has 2 aliphatic rings. The Bertz CT molecular complexity index is 449. The van der Waals surface area contributed by atoms with Crippen molar-refractivity contribution in [2.45, 2.75) is 44.0 Å². The van der Waals surface area contributed by atoms with Gasteiger partial charge in [-0.2, -0.15) is 0 Å². The minimum absolute atomic E-state index is 0.202. The molecule has 3 atom stereocenters. The fourth-order valence-electron chi connectivity index (χ4n) is 3.08. The third-order valence-electron chi connectivity index (χ3n) is 3.71. The van der Waals surface area contributed by atoms with E-state index in [1.807, 2.05) is 19.1 Å². The molecule has 0 aromatic rings. The van der Waals surface area contributed by atoms with Gasteiger partial charge in [-0.1, -0.05) is 12.2 Å². The molecular formula is C14H21NO5. The molecule has 2 rings (SSSR count). The first kappa shape index (κ1) is 14.8. The number of carbonyl (C=O) groups excluding carboxylic acids is 2. The average molecular weight is 283 g/mol. The van der Waals surface area contributed by atoms with E-state index in [9.17, 15) is 9.59 Å². The topological polar surface area (TPSA) is 65.1 Å². The quantitative estimate of drug-likeness (QED) is 0.580. The molecule has 1 amide bonds. The van der Waals surface area contributed by atoms with Crippen LogP contribution in [0.2, 0.25) is 0 Å². The van der Waals surface area contributed by atoms with Crippen LogP contribution in [-0.4, -0.2) is 55.0 Å². The standard InChI is InChI=1S/C14H21NO5/c1-10(16)19-11-7-13(2)5-6-14(8-11,20-13)9-15(3)12(17)18-4/h5-6,11H,7-9H2,1-4H3/t11-,13-,14+/m0/s1. The van der Waals surface area contributed by atoms with Crippen molar-refractivity contribution in [1.29, 1.82) is 0 Å². The van der Waals surface area contributed by atoms with Crippen molar-refractivity contribution < 1.29 is 23.8 Å². The first-order valence-corrected chi connectivity index (χ1v) is 6.64. The Labute approximate surface area is 118 Å². The van der Waals surface area contributed by atoms with E-state index in [1.54, 1.807) is 7.05 Å². The Hall–Kier alpha value is -1.56. The first-order valence-electron chi connectivity index (χ1n) is 6.64. The number of hydrogen-bond donors (Lipinski definition) is 0. The van der Waals surface area contributed by atoms with Crippen LogP contribution >= 0.6 is 0 Å². The van der Waals surface area contributed by atoms with Gasteiger partial charge in [-0.15, -0.1) is 0 Å². The number of methoxy groups -OCH3 is 1. The molecule has 6 heteroatoms. The average Bonchev–Trinajstić information content (AvgIpc) is 2.57. The number of fused-ring (bicyclic) bond motifs is 2. The number of likely N-dealkylation sites (N-methyl/N-ethyl adjacent to an activating group) is 1. The second kappa shape index (κ2) is 5.09. The molecule has 20 heavy (non-hydrogen) atoms. The zero-order chi connectivity index (χ0) is 15.0. The van der Waals surface area contributed by atoms with Crippen molar-refractivity contribution in [3.05, 3.63) is 12.2 Å². The number of amides is 1. The molecule has 1 saturated heterocycles. The maximum Gasteiger partial charge on any atom is 0.409 e. The molecule has 2 aliphatic heterocycles. The van der Waals surface area contributed by atoms with Gasteiger partial charge < -0.3 is 19.1 Å². The van der Waals surface area contributed by atoms with Gasteiger partial charge in [0.25, 0.3) is 0 Å². The third kappa shape index (κ3) is 2.95. The molecule has 0 N–H and O–H groups in total. The lowest BCUT2D eigenvalue weighted by Crippen LogP contribution is -2.52. The lowest BCUT2D eigenvalue weighted by molar-refractivity contribution is -0.179. The van der Waals surface area contributed by atoms with Gasteiger partial charge >= 0.3 is 12.1 Å². The number of hydrogen-bond acceptors (Lipinski definition) is 5. The second-order valence-electron chi connectivity index (χ2n) is 5.78. The molecule has 0 radical (unpaired) electrons. The van der Waals surface area contributed by atoms with E-state index in [0.29, 0.717) is 19.4 Å². The zero-order valence-corrected chi connectivity index (χ0v) is 12.3. The summed E-state index contributed by atoms with van der Waals surface area (Å²) in [5.41, 5.74) is -1.06. The van der Waals surface area contributed by atoms with Crippen LogP contribution in [0.15, 0.2) is 12.2 Å². The lowest BCUT2D eigenvalue weighted by Gasteiger charge is -2.43. The van der Waals surface area contributed by atoms with Gasteiger partial charge in [0, 0.05) is 26.8 Å².